The first-order valence-corrected chi connectivity index (χ1v) is 52.7. The first-order valence-electron chi connectivity index (χ1n) is 52.7. The highest BCUT2D eigenvalue weighted by Crippen LogP contribution is 2.38. The highest BCUT2D eigenvalue weighted by atomic mass is 14.3. The third-order valence-corrected chi connectivity index (χ3v) is 29.0. The number of benzene rings is 20. The maximum absolute atomic E-state index is 2.28. The fourth-order valence-electron chi connectivity index (χ4n) is 21.2. The second-order valence-corrected chi connectivity index (χ2v) is 38.7. The number of allylic oxidation sites excluding steroid dienone is 3. The Balaban J connectivity index is 0.000000103. The van der Waals surface area contributed by atoms with Crippen LogP contribution in [0.25, 0.3) is 83.6 Å². The first-order chi connectivity index (χ1) is 70.9. The lowest BCUT2D eigenvalue weighted by Crippen LogP contribution is -2.12. The summed E-state index contributed by atoms with van der Waals surface area (Å²) < 4.78 is 0. The van der Waals surface area contributed by atoms with Crippen molar-refractivity contribution >= 4 is 61.3 Å². The molecule has 0 saturated heterocycles. The average molecular weight is 1850 g/mol. The lowest BCUT2D eigenvalue weighted by Gasteiger charge is -2.24. The molecule has 0 aliphatic heterocycles. The van der Waals surface area contributed by atoms with Crippen LogP contribution in [0.1, 0.15) is 187 Å². The Morgan fingerprint density at radius 3 is 0.888 bits per heavy atom. The van der Waals surface area contributed by atoms with Crippen LogP contribution in [0, 0.1) is 0 Å². The topological polar surface area (TPSA) is 0 Å². The summed E-state index contributed by atoms with van der Waals surface area (Å²) in [5.41, 5.74) is 37.0. The van der Waals surface area contributed by atoms with E-state index < -0.39 is 0 Å². The molecular formula is C143H134. The van der Waals surface area contributed by atoms with E-state index in [9.17, 15) is 0 Å². The molecule has 9 aliphatic rings. The molecule has 1 unspecified atom stereocenters. The van der Waals surface area contributed by atoms with Crippen molar-refractivity contribution in [1.29, 1.82) is 0 Å². The molecule has 20 aromatic carbocycles. The Morgan fingerprint density at radius 1 is 0.161 bits per heavy atom. The van der Waals surface area contributed by atoms with Gasteiger partial charge in [-0.05, 0) is 354 Å². The zero-order chi connectivity index (χ0) is 96.7. The summed E-state index contributed by atoms with van der Waals surface area (Å²) in [6.45, 7) is 0. The van der Waals surface area contributed by atoms with Gasteiger partial charge >= 0.3 is 0 Å². The van der Waals surface area contributed by atoms with Gasteiger partial charge in [0.15, 0.2) is 0 Å². The normalized spacial score (nSPS) is 14.0. The van der Waals surface area contributed by atoms with Gasteiger partial charge in [-0.2, -0.15) is 0 Å². The predicted octanol–water partition coefficient (Wildman–Crippen LogP) is 37.4. The van der Waals surface area contributed by atoms with E-state index in [1.54, 1.807) is 44.5 Å². The minimum atomic E-state index is 0.719. The van der Waals surface area contributed by atoms with Crippen LogP contribution >= 0.6 is 0 Å². The molecule has 20 aromatic rings. The molecule has 0 amide bonds. The van der Waals surface area contributed by atoms with E-state index in [0.29, 0.717) is 0 Å². The Hall–Kier alpha value is -15.3. The Labute approximate surface area is 851 Å². The van der Waals surface area contributed by atoms with Crippen molar-refractivity contribution in [1.82, 2.24) is 0 Å². The standard InChI is InChI=1S/C16H16.C16H12.C14H12.C14H10.C13H10.C11H14.C11H12.C10H12.C10H10.C10H8.C9H10.C9H8/c2*1-2-6-13(7-3-1)16-11-10-14-8-4-5-9-15(14)12-16;2*1-2-6-12-10-14-8-4-3-7-13(14)9-11(12)5-1;1-3-7-12-10(5-1)9-11-6-2-4-8-13(11)12;2*1-2-6-10-8-4-5-9-11(10)7-3-1;3*1-2-6-10-8-4-3-7-9(10)5-1;2*1-2-5-9-7-3-6-8(9)4-1/h1-9,16H,10-12H2;1-12H;1-8H,9-10H2;1-10H;1-8H,9H2;4-5,8-9H,1-3,6-7H2;2,4-6,8-9H,1,3,7H2;1-2,5-6H,3-4,7-8H2;1-3,5-7H,4,8H2;1-8H;1-2,4-5H,3,6-7H2;1-6H,7H2. The maximum Gasteiger partial charge on any atom is -0.00135 e. The fraction of sp³-hybridized carbons (Fsp3) is 0.175. The number of hydrogen-bond acceptors (Lipinski definition) is 0. The number of fused-ring (bicyclic) bond motifs is 16. The van der Waals surface area contributed by atoms with E-state index in [2.05, 4.69) is 510 Å². The van der Waals surface area contributed by atoms with Crippen LogP contribution in [0.5, 0.6) is 0 Å². The smallest absolute Gasteiger partial charge is 0.00135 e. The number of aryl methyl sites for hydroxylation is 9. The van der Waals surface area contributed by atoms with Crippen LogP contribution in [-0.2, 0) is 89.9 Å². The van der Waals surface area contributed by atoms with Crippen LogP contribution in [-0.4, -0.2) is 0 Å². The molecule has 0 aromatic heterocycles. The number of hydrogen-bond donors (Lipinski definition) is 0. The number of rotatable bonds is 2. The van der Waals surface area contributed by atoms with E-state index in [0.717, 1.165) is 31.6 Å². The van der Waals surface area contributed by atoms with Crippen molar-refractivity contribution in [3.63, 3.8) is 0 Å². The Morgan fingerprint density at radius 2 is 0.455 bits per heavy atom. The van der Waals surface area contributed by atoms with E-state index in [1.807, 2.05) is 6.07 Å². The molecular weight excluding hydrogens is 1720 g/mol. The van der Waals surface area contributed by atoms with Crippen molar-refractivity contribution in [2.45, 2.75) is 160 Å². The van der Waals surface area contributed by atoms with Crippen LogP contribution in [0.15, 0.2) is 497 Å². The van der Waals surface area contributed by atoms with Gasteiger partial charge in [-0.3, -0.25) is 0 Å². The SMILES string of the molecule is C1=Cc2ccccc2C1.C1=Cc2ccccc2CC1.C1=Cc2ccccc2CCC1.c1ccc(-c2ccc3ccccc3c2)cc1.c1ccc(C2CCc3ccccc3C2)cc1.c1ccc2c(c1)CCC2.c1ccc2c(c1)CCCC2.c1ccc2c(c1)CCCCC2.c1ccc2c(c1)Cc1ccccc1-2.c1ccc2c(c1)Cc1ccccc1C2.c1ccc2cc3ccccc3cc2c1.c1ccc2ccccc2c1. The maximum atomic E-state index is 2.28. The second-order valence-electron chi connectivity index (χ2n) is 38.7. The van der Waals surface area contributed by atoms with Gasteiger partial charge in [0.25, 0.3) is 0 Å². The van der Waals surface area contributed by atoms with Crippen LogP contribution < -0.4 is 0 Å². The molecule has 0 heterocycles. The van der Waals surface area contributed by atoms with Crippen molar-refractivity contribution in [2.75, 3.05) is 0 Å². The highest BCUT2D eigenvalue weighted by Gasteiger charge is 2.21. The molecule has 9 aliphatic carbocycles. The molecule has 0 N–H and O–H groups in total. The molecule has 0 bridgehead atoms. The van der Waals surface area contributed by atoms with Crippen molar-refractivity contribution < 1.29 is 0 Å². The Bertz CT molecular complexity index is 7160. The summed E-state index contributed by atoms with van der Waals surface area (Å²) in [5.74, 6) is 0.719. The van der Waals surface area contributed by atoms with Gasteiger partial charge in [-0.15, -0.1) is 0 Å². The molecule has 29 rings (SSSR count). The van der Waals surface area contributed by atoms with Gasteiger partial charge < -0.3 is 0 Å². The van der Waals surface area contributed by atoms with Gasteiger partial charge in [0.1, 0.15) is 0 Å². The van der Waals surface area contributed by atoms with Gasteiger partial charge in [0.2, 0.25) is 0 Å². The van der Waals surface area contributed by atoms with Gasteiger partial charge in [0.05, 0.1) is 0 Å². The second kappa shape index (κ2) is 52.2. The van der Waals surface area contributed by atoms with Gasteiger partial charge in [-0.25, -0.2) is 0 Å². The van der Waals surface area contributed by atoms with Gasteiger partial charge in [-0.1, -0.05) is 504 Å². The quantitative estimate of drug-likeness (QED) is 0.120. The van der Waals surface area contributed by atoms with E-state index in [-0.39, 0.29) is 0 Å². The lowest BCUT2D eigenvalue weighted by molar-refractivity contribution is 0.585. The van der Waals surface area contributed by atoms with E-state index in [4.69, 9.17) is 0 Å². The minimum Gasteiger partial charge on any atom is -0.0839 e. The van der Waals surface area contributed by atoms with Crippen molar-refractivity contribution in [3.8, 4) is 22.3 Å². The molecule has 1 atom stereocenters. The third kappa shape index (κ3) is 28.1. The van der Waals surface area contributed by atoms with Crippen LogP contribution in [0.3, 0.4) is 0 Å². The minimum absolute atomic E-state index is 0.719. The summed E-state index contributed by atoms with van der Waals surface area (Å²) in [4.78, 5) is 0. The summed E-state index contributed by atoms with van der Waals surface area (Å²) in [6.07, 6.45) is 43.8. The third-order valence-electron chi connectivity index (χ3n) is 29.0. The summed E-state index contributed by atoms with van der Waals surface area (Å²) in [5, 5.41) is 10.5. The largest absolute Gasteiger partial charge is 0.0839 e. The van der Waals surface area contributed by atoms with Crippen LogP contribution in [0.4, 0.5) is 0 Å². The Kier molecular flexibility index (Phi) is 35.8. The molecule has 0 radical (unpaired) electrons. The molecule has 143 heavy (non-hydrogen) atoms. The summed E-state index contributed by atoms with van der Waals surface area (Å²) in [7, 11) is 0. The van der Waals surface area contributed by atoms with E-state index >= 15 is 0 Å². The molecule has 0 fully saturated rings. The molecule has 0 nitrogen and oxygen atoms in total. The van der Waals surface area contributed by atoms with Crippen molar-refractivity contribution in [2.24, 2.45) is 0 Å². The average Bonchev–Trinajstić information content (AvgIpc) is 1.59. The van der Waals surface area contributed by atoms with Crippen LogP contribution in [0.2, 0.25) is 0 Å². The first kappa shape index (κ1) is 97.9. The lowest BCUT2D eigenvalue weighted by atomic mass is 9.80. The zero-order valence-electron chi connectivity index (χ0n) is 83.1. The molecule has 706 valence electrons. The zero-order valence-corrected chi connectivity index (χ0v) is 83.1. The van der Waals surface area contributed by atoms with Gasteiger partial charge in [0, 0.05) is 0 Å². The molecule has 0 saturated carbocycles. The van der Waals surface area contributed by atoms with E-state index in [1.165, 1.54) is 266 Å². The fourth-order valence-corrected chi connectivity index (χ4v) is 21.2. The summed E-state index contributed by atoms with van der Waals surface area (Å²) in [6, 6.07) is 170. The molecule has 0 heteroatoms. The monoisotopic (exact) mass is 1850 g/mol. The highest BCUT2D eigenvalue weighted by molar-refractivity contribution is 5.98. The predicted molar refractivity (Wildman–Crippen MR) is 616 cm³/mol. The summed E-state index contributed by atoms with van der Waals surface area (Å²) >= 11 is 0. The van der Waals surface area contributed by atoms with Crippen molar-refractivity contribution in [3.05, 3.63) is 614 Å². The molecule has 0 spiro atoms.